The van der Waals surface area contributed by atoms with Crippen molar-refractivity contribution in [1.29, 1.82) is 0 Å². The molecule has 0 aliphatic heterocycles. The molecular formula is C13H20O3. The van der Waals surface area contributed by atoms with Crippen molar-refractivity contribution in [2.24, 2.45) is 5.92 Å². The zero-order valence-electron chi connectivity index (χ0n) is 9.63. The first kappa shape index (κ1) is 13.2. The third-order valence-corrected chi connectivity index (χ3v) is 2.93. The number of hydrogen-bond donors (Lipinski definition) is 3. The normalized spacial score (nSPS) is 13.8. The maximum absolute atomic E-state index is 10.0. The lowest BCUT2D eigenvalue weighted by Crippen LogP contribution is -2.33. The first-order valence-corrected chi connectivity index (χ1v) is 5.70. The first-order valence-electron chi connectivity index (χ1n) is 5.70. The van der Waals surface area contributed by atoms with Gasteiger partial charge in [0.05, 0.1) is 0 Å². The second kappa shape index (κ2) is 5.99. The van der Waals surface area contributed by atoms with Crippen LogP contribution < -0.4 is 0 Å². The maximum atomic E-state index is 10.0. The van der Waals surface area contributed by atoms with Crippen molar-refractivity contribution in [3.63, 3.8) is 0 Å². The second-order valence-corrected chi connectivity index (χ2v) is 4.21. The van der Waals surface area contributed by atoms with Crippen molar-refractivity contribution in [2.45, 2.75) is 32.0 Å². The molecule has 1 rings (SSSR count). The van der Waals surface area contributed by atoms with Crippen LogP contribution in [-0.4, -0.2) is 21.9 Å². The number of rotatable bonds is 6. The summed E-state index contributed by atoms with van der Waals surface area (Å²) < 4.78 is 0. The van der Waals surface area contributed by atoms with Gasteiger partial charge in [0, 0.05) is 18.1 Å². The minimum atomic E-state index is -1.78. The molecule has 16 heavy (non-hydrogen) atoms. The highest BCUT2D eigenvalue weighted by atomic mass is 16.5. The largest absolute Gasteiger partial charge is 0.396 e. The summed E-state index contributed by atoms with van der Waals surface area (Å²) >= 11 is 0. The zero-order chi connectivity index (χ0) is 12.0. The Morgan fingerprint density at radius 1 is 1.12 bits per heavy atom. The lowest BCUT2D eigenvalue weighted by Gasteiger charge is -2.29. The van der Waals surface area contributed by atoms with E-state index in [1.54, 1.807) is 24.3 Å². The maximum Gasteiger partial charge on any atom is 0.192 e. The average Bonchev–Trinajstić information content (AvgIpc) is 2.30. The Labute approximate surface area is 96.4 Å². The molecule has 0 heterocycles. The fourth-order valence-corrected chi connectivity index (χ4v) is 1.73. The van der Waals surface area contributed by atoms with Crippen molar-refractivity contribution in [3.05, 3.63) is 35.9 Å². The molecule has 3 N–H and O–H groups in total. The van der Waals surface area contributed by atoms with E-state index < -0.39 is 5.79 Å². The molecule has 3 nitrogen and oxygen atoms in total. The van der Waals surface area contributed by atoms with Gasteiger partial charge in [-0.3, -0.25) is 0 Å². The summed E-state index contributed by atoms with van der Waals surface area (Å²) in [5, 5.41) is 28.8. The standard InChI is InChI=1S/C13H20O3/c1-11(7-5-6-10-14)13(15,16)12-8-3-2-4-9-12/h2-4,8-9,11,14-16H,5-7,10H2,1H3. The molecule has 0 saturated heterocycles. The van der Waals surface area contributed by atoms with Crippen LogP contribution in [0.4, 0.5) is 0 Å². The Morgan fingerprint density at radius 2 is 1.75 bits per heavy atom. The molecule has 0 amide bonds. The van der Waals surface area contributed by atoms with Crippen LogP contribution in [0.25, 0.3) is 0 Å². The van der Waals surface area contributed by atoms with Crippen molar-refractivity contribution < 1.29 is 15.3 Å². The van der Waals surface area contributed by atoms with Gasteiger partial charge in [-0.05, 0) is 12.8 Å². The SMILES string of the molecule is CC(CCCCO)C(O)(O)c1ccccc1. The van der Waals surface area contributed by atoms with Crippen molar-refractivity contribution in [3.8, 4) is 0 Å². The summed E-state index contributed by atoms with van der Waals surface area (Å²) in [5.41, 5.74) is 0.520. The van der Waals surface area contributed by atoms with Crippen LogP contribution in [0.5, 0.6) is 0 Å². The molecule has 0 radical (unpaired) electrons. The first-order chi connectivity index (χ1) is 7.59. The molecule has 0 spiro atoms. The minimum Gasteiger partial charge on any atom is -0.396 e. The van der Waals surface area contributed by atoms with E-state index in [0.29, 0.717) is 18.4 Å². The fraction of sp³-hybridized carbons (Fsp3) is 0.538. The molecule has 1 aromatic carbocycles. The highest BCUT2D eigenvalue weighted by Gasteiger charge is 2.32. The van der Waals surface area contributed by atoms with E-state index in [1.807, 2.05) is 13.0 Å². The highest BCUT2D eigenvalue weighted by molar-refractivity contribution is 5.20. The summed E-state index contributed by atoms with van der Waals surface area (Å²) in [5.74, 6) is -2.03. The Hall–Kier alpha value is -0.900. The molecule has 0 saturated carbocycles. The van der Waals surface area contributed by atoms with Gasteiger partial charge in [0.2, 0.25) is 0 Å². The van der Waals surface area contributed by atoms with Crippen LogP contribution in [-0.2, 0) is 5.79 Å². The van der Waals surface area contributed by atoms with Gasteiger partial charge in [-0.25, -0.2) is 0 Å². The van der Waals surface area contributed by atoms with Crippen LogP contribution in [0.15, 0.2) is 30.3 Å². The number of hydrogen-bond acceptors (Lipinski definition) is 3. The summed E-state index contributed by atoms with van der Waals surface area (Å²) in [6.45, 7) is 1.96. The van der Waals surface area contributed by atoms with Crippen molar-refractivity contribution in [1.82, 2.24) is 0 Å². The van der Waals surface area contributed by atoms with Crippen LogP contribution >= 0.6 is 0 Å². The Morgan fingerprint density at radius 3 is 2.31 bits per heavy atom. The molecular weight excluding hydrogens is 204 g/mol. The zero-order valence-corrected chi connectivity index (χ0v) is 9.63. The van der Waals surface area contributed by atoms with Crippen LogP contribution in [0.2, 0.25) is 0 Å². The fourth-order valence-electron chi connectivity index (χ4n) is 1.73. The van der Waals surface area contributed by atoms with Crippen molar-refractivity contribution >= 4 is 0 Å². The van der Waals surface area contributed by atoms with E-state index in [2.05, 4.69) is 0 Å². The molecule has 0 bridgehead atoms. The van der Waals surface area contributed by atoms with E-state index in [1.165, 1.54) is 0 Å². The number of benzene rings is 1. The molecule has 0 fully saturated rings. The third kappa shape index (κ3) is 3.30. The van der Waals surface area contributed by atoms with Gasteiger partial charge >= 0.3 is 0 Å². The lowest BCUT2D eigenvalue weighted by atomic mass is 9.89. The van der Waals surface area contributed by atoms with Gasteiger partial charge in [0.15, 0.2) is 5.79 Å². The molecule has 90 valence electrons. The topological polar surface area (TPSA) is 60.7 Å². The van der Waals surface area contributed by atoms with Crippen LogP contribution in [0.3, 0.4) is 0 Å². The van der Waals surface area contributed by atoms with Crippen LogP contribution in [0.1, 0.15) is 31.7 Å². The molecule has 0 aliphatic carbocycles. The van der Waals surface area contributed by atoms with Gasteiger partial charge in [0.1, 0.15) is 0 Å². The predicted molar refractivity (Wildman–Crippen MR) is 62.7 cm³/mol. The van der Waals surface area contributed by atoms with Crippen molar-refractivity contribution in [2.75, 3.05) is 6.61 Å². The summed E-state index contributed by atoms with van der Waals surface area (Å²) in [7, 11) is 0. The second-order valence-electron chi connectivity index (χ2n) is 4.21. The average molecular weight is 224 g/mol. The van der Waals surface area contributed by atoms with Gasteiger partial charge in [-0.2, -0.15) is 0 Å². The Bertz CT molecular complexity index is 295. The third-order valence-electron chi connectivity index (χ3n) is 2.93. The lowest BCUT2D eigenvalue weighted by molar-refractivity contribution is -0.207. The quantitative estimate of drug-likeness (QED) is 0.508. The van der Waals surface area contributed by atoms with Gasteiger partial charge in [-0.1, -0.05) is 43.7 Å². The predicted octanol–water partition coefficient (Wildman–Crippen LogP) is 1.62. The summed E-state index contributed by atoms with van der Waals surface area (Å²) in [6.07, 6.45) is 2.19. The van der Waals surface area contributed by atoms with E-state index >= 15 is 0 Å². The molecule has 0 aliphatic rings. The smallest absolute Gasteiger partial charge is 0.192 e. The molecule has 1 unspecified atom stereocenters. The Kier molecular flexibility index (Phi) is 4.93. The molecule has 3 heteroatoms. The molecule has 0 aromatic heterocycles. The van der Waals surface area contributed by atoms with E-state index in [0.717, 1.165) is 6.42 Å². The van der Waals surface area contributed by atoms with Gasteiger partial charge in [0.25, 0.3) is 0 Å². The monoisotopic (exact) mass is 224 g/mol. The van der Waals surface area contributed by atoms with Crippen LogP contribution in [0, 0.1) is 5.92 Å². The summed E-state index contributed by atoms with van der Waals surface area (Å²) in [6, 6.07) is 8.84. The van der Waals surface area contributed by atoms with Gasteiger partial charge in [-0.15, -0.1) is 0 Å². The number of aliphatic hydroxyl groups is 3. The van der Waals surface area contributed by atoms with E-state index in [4.69, 9.17) is 5.11 Å². The highest BCUT2D eigenvalue weighted by Crippen LogP contribution is 2.29. The minimum absolute atomic E-state index is 0.155. The Balaban J connectivity index is 2.62. The van der Waals surface area contributed by atoms with Gasteiger partial charge < -0.3 is 15.3 Å². The summed E-state index contributed by atoms with van der Waals surface area (Å²) in [4.78, 5) is 0. The number of unbranched alkanes of at least 4 members (excludes halogenated alkanes) is 1. The number of aliphatic hydroxyl groups excluding tert-OH is 1. The van der Waals surface area contributed by atoms with E-state index in [-0.39, 0.29) is 12.5 Å². The molecule has 1 atom stereocenters. The molecule has 1 aromatic rings. The van der Waals surface area contributed by atoms with E-state index in [9.17, 15) is 10.2 Å².